The van der Waals surface area contributed by atoms with Gasteiger partial charge in [0.15, 0.2) is 6.61 Å². The quantitative estimate of drug-likeness (QED) is 0.728. The Morgan fingerprint density at radius 1 is 1.22 bits per heavy atom. The van der Waals surface area contributed by atoms with Crippen LogP contribution in [0.3, 0.4) is 0 Å². The summed E-state index contributed by atoms with van der Waals surface area (Å²) in [6.07, 6.45) is 0.0183. The van der Waals surface area contributed by atoms with Gasteiger partial charge in [-0.15, -0.1) is 0 Å². The smallest absolute Gasteiger partial charge is 0.324 e. The lowest BCUT2D eigenvalue weighted by Gasteiger charge is -2.17. The van der Waals surface area contributed by atoms with Crippen molar-refractivity contribution in [2.75, 3.05) is 37.7 Å². The van der Waals surface area contributed by atoms with Gasteiger partial charge in [-0.3, -0.25) is 19.3 Å². The predicted molar refractivity (Wildman–Crippen MR) is 94.1 cm³/mol. The van der Waals surface area contributed by atoms with Crippen molar-refractivity contribution in [2.24, 2.45) is 5.92 Å². The maximum atomic E-state index is 12.2. The van der Waals surface area contributed by atoms with E-state index in [2.05, 4.69) is 5.32 Å². The number of rotatable bonds is 6. The number of hydrogen-bond donors (Lipinski definition) is 1. The van der Waals surface area contributed by atoms with Crippen LogP contribution in [0, 0.1) is 5.92 Å². The summed E-state index contributed by atoms with van der Waals surface area (Å²) in [4.78, 5) is 50.3. The van der Waals surface area contributed by atoms with Crippen molar-refractivity contribution in [1.82, 2.24) is 10.2 Å². The van der Waals surface area contributed by atoms with Gasteiger partial charge in [0.25, 0.3) is 5.91 Å². The molecule has 9 nitrogen and oxygen atoms in total. The Morgan fingerprint density at radius 2 is 1.96 bits per heavy atom. The average Bonchev–Trinajstić information content (AvgIpc) is 3.26. The lowest BCUT2D eigenvalue weighted by Crippen LogP contribution is -2.38. The highest BCUT2D eigenvalue weighted by atomic mass is 16.5. The van der Waals surface area contributed by atoms with Gasteiger partial charge >= 0.3 is 12.0 Å². The van der Waals surface area contributed by atoms with Crippen LogP contribution < -0.4 is 15.0 Å². The van der Waals surface area contributed by atoms with Gasteiger partial charge in [0.2, 0.25) is 5.91 Å². The topological polar surface area (TPSA) is 105 Å². The van der Waals surface area contributed by atoms with E-state index in [-0.39, 0.29) is 25.4 Å². The molecule has 1 N–H and O–H groups in total. The molecular formula is C18H21N3O6. The van der Waals surface area contributed by atoms with E-state index in [0.717, 1.165) is 4.90 Å². The highest BCUT2D eigenvalue weighted by molar-refractivity contribution is 6.00. The molecule has 144 valence electrons. The molecule has 0 saturated carbocycles. The molecule has 4 amide bonds. The molecule has 2 fully saturated rings. The van der Waals surface area contributed by atoms with Crippen molar-refractivity contribution in [3.63, 3.8) is 0 Å². The molecule has 1 atom stereocenters. The van der Waals surface area contributed by atoms with Crippen LogP contribution >= 0.6 is 0 Å². The lowest BCUT2D eigenvalue weighted by molar-refractivity contribution is -0.154. The Kier molecular flexibility index (Phi) is 5.58. The number of carbonyl (C=O) groups excluding carboxylic acids is 4. The third-order valence-corrected chi connectivity index (χ3v) is 4.41. The fourth-order valence-electron chi connectivity index (χ4n) is 3.04. The second-order valence-corrected chi connectivity index (χ2v) is 6.22. The summed E-state index contributed by atoms with van der Waals surface area (Å²) in [6, 6.07) is 6.54. The lowest BCUT2D eigenvalue weighted by atomic mass is 10.1. The molecule has 2 saturated heterocycles. The van der Waals surface area contributed by atoms with E-state index in [4.69, 9.17) is 9.47 Å². The minimum atomic E-state index is -0.649. The summed E-state index contributed by atoms with van der Waals surface area (Å²) in [5.41, 5.74) is 0.670. The zero-order valence-electron chi connectivity index (χ0n) is 15.0. The van der Waals surface area contributed by atoms with Crippen molar-refractivity contribution in [3.8, 4) is 5.75 Å². The van der Waals surface area contributed by atoms with Crippen LogP contribution in [0.4, 0.5) is 10.5 Å². The van der Waals surface area contributed by atoms with Crippen molar-refractivity contribution in [1.29, 1.82) is 0 Å². The first kappa shape index (κ1) is 18.7. The first-order valence-corrected chi connectivity index (χ1v) is 8.77. The molecule has 0 spiro atoms. The molecule has 2 aliphatic rings. The van der Waals surface area contributed by atoms with E-state index in [9.17, 15) is 19.2 Å². The maximum absolute atomic E-state index is 12.2. The van der Waals surface area contributed by atoms with Gasteiger partial charge in [-0.05, 0) is 31.2 Å². The number of benzene rings is 1. The molecule has 1 aromatic rings. The summed E-state index contributed by atoms with van der Waals surface area (Å²) < 4.78 is 10.4. The summed E-state index contributed by atoms with van der Waals surface area (Å²) in [7, 11) is 0. The van der Waals surface area contributed by atoms with E-state index in [1.165, 1.54) is 4.90 Å². The summed E-state index contributed by atoms with van der Waals surface area (Å²) in [5, 5.41) is 2.50. The number of urea groups is 1. The molecule has 27 heavy (non-hydrogen) atoms. The normalized spacial score (nSPS) is 19.2. The van der Waals surface area contributed by atoms with Crippen LogP contribution in [0.5, 0.6) is 5.75 Å². The Labute approximate surface area is 156 Å². The van der Waals surface area contributed by atoms with Gasteiger partial charge in [-0.2, -0.15) is 0 Å². The fourth-order valence-corrected chi connectivity index (χ4v) is 3.04. The monoisotopic (exact) mass is 375 g/mol. The molecular weight excluding hydrogens is 354 g/mol. The van der Waals surface area contributed by atoms with Crippen molar-refractivity contribution >= 4 is 29.5 Å². The van der Waals surface area contributed by atoms with Gasteiger partial charge in [0.05, 0.1) is 12.5 Å². The molecule has 1 aromatic carbocycles. The number of nitrogens with one attached hydrogen (secondary N) is 1. The fraction of sp³-hybridized carbons (Fsp3) is 0.444. The van der Waals surface area contributed by atoms with Gasteiger partial charge in [-0.1, -0.05) is 0 Å². The zero-order chi connectivity index (χ0) is 19.4. The number of nitrogens with zero attached hydrogens (tertiary/aromatic N) is 2. The molecule has 3 rings (SSSR count). The van der Waals surface area contributed by atoms with E-state index in [0.29, 0.717) is 24.6 Å². The minimum absolute atomic E-state index is 0.0183. The van der Waals surface area contributed by atoms with Gasteiger partial charge in [0.1, 0.15) is 5.75 Å². The highest BCUT2D eigenvalue weighted by Gasteiger charge is 2.37. The molecule has 2 heterocycles. The van der Waals surface area contributed by atoms with E-state index < -0.39 is 30.4 Å². The van der Waals surface area contributed by atoms with Crippen molar-refractivity contribution in [3.05, 3.63) is 24.3 Å². The van der Waals surface area contributed by atoms with Gasteiger partial charge in [-0.25, -0.2) is 4.79 Å². The number of ether oxygens (including phenoxy) is 2. The number of imide groups is 1. The van der Waals surface area contributed by atoms with E-state index in [1.54, 1.807) is 24.3 Å². The van der Waals surface area contributed by atoms with Crippen molar-refractivity contribution in [2.45, 2.75) is 13.3 Å². The number of esters is 1. The molecule has 0 aliphatic carbocycles. The highest BCUT2D eigenvalue weighted by Crippen LogP contribution is 2.27. The van der Waals surface area contributed by atoms with Gasteiger partial charge < -0.3 is 19.7 Å². The molecule has 0 aromatic heterocycles. The SMILES string of the molecule is CCOc1ccc(N2C[C@@H](C(=O)OCC(=O)N3CCNC3=O)CC2=O)cc1. The van der Waals surface area contributed by atoms with E-state index in [1.807, 2.05) is 6.92 Å². The number of carbonyl (C=O) groups is 4. The molecule has 0 radical (unpaired) electrons. The number of anilines is 1. The van der Waals surface area contributed by atoms with Crippen LogP contribution in [-0.4, -0.2) is 61.6 Å². The maximum Gasteiger partial charge on any atom is 0.324 e. The average molecular weight is 375 g/mol. The molecule has 2 aliphatic heterocycles. The standard InChI is InChI=1S/C18H21N3O6/c1-2-26-14-5-3-13(4-6-14)21-10-12(9-15(21)22)17(24)27-11-16(23)20-8-7-19-18(20)25/h3-6,12H,2,7-11H2,1H3,(H,19,25)/t12-/m0/s1. The largest absolute Gasteiger partial charge is 0.494 e. The molecule has 0 unspecified atom stereocenters. The second kappa shape index (κ2) is 8.07. The Bertz CT molecular complexity index is 748. The molecule has 9 heteroatoms. The van der Waals surface area contributed by atoms with E-state index >= 15 is 0 Å². The zero-order valence-corrected chi connectivity index (χ0v) is 15.0. The number of hydrogen-bond acceptors (Lipinski definition) is 6. The van der Waals surface area contributed by atoms with Gasteiger partial charge in [0, 0.05) is 31.7 Å². The van der Waals surface area contributed by atoms with Crippen LogP contribution in [0.2, 0.25) is 0 Å². The third kappa shape index (κ3) is 4.18. The first-order valence-electron chi connectivity index (χ1n) is 8.77. The van der Waals surface area contributed by atoms with Crippen molar-refractivity contribution < 1.29 is 28.7 Å². The van der Waals surface area contributed by atoms with Crippen LogP contribution in [0.25, 0.3) is 0 Å². The van der Waals surface area contributed by atoms with Crippen LogP contribution in [0.15, 0.2) is 24.3 Å². The predicted octanol–water partition coefficient (Wildman–Crippen LogP) is 0.533. The van der Waals surface area contributed by atoms with Crippen LogP contribution in [0.1, 0.15) is 13.3 Å². The Hall–Kier alpha value is -3.10. The molecule has 0 bridgehead atoms. The summed E-state index contributed by atoms with van der Waals surface area (Å²) in [5.74, 6) is -1.33. The number of amides is 4. The first-order chi connectivity index (χ1) is 13.0. The summed E-state index contributed by atoms with van der Waals surface area (Å²) in [6.45, 7) is 2.74. The minimum Gasteiger partial charge on any atom is -0.494 e. The Morgan fingerprint density at radius 3 is 2.59 bits per heavy atom. The second-order valence-electron chi connectivity index (χ2n) is 6.22. The van der Waals surface area contributed by atoms with Crippen LogP contribution in [-0.2, 0) is 19.1 Å². The third-order valence-electron chi connectivity index (χ3n) is 4.41. The summed E-state index contributed by atoms with van der Waals surface area (Å²) >= 11 is 0. The Balaban J connectivity index is 1.54.